The molecule has 176 valence electrons. The van der Waals surface area contributed by atoms with E-state index in [0.29, 0.717) is 22.8 Å². The van der Waals surface area contributed by atoms with Crippen molar-refractivity contribution in [2.24, 2.45) is 0 Å². The van der Waals surface area contributed by atoms with Crippen molar-refractivity contribution in [3.63, 3.8) is 0 Å². The molecule has 1 amide bonds. The maximum atomic E-state index is 12.3. The SMILES string of the molecule is CC(C)Oc1ccc(-c2cc(-c3cccc4c3CC[C@@H]4NC(=O)OC(C)(C)C)no2)cc1C#N. The van der Waals surface area contributed by atoms with Crippen LogP contribution in [0.4, 0.5) is 4.79 Å². The van der Waals surface area contributed by atoms with E-state index in [2.05, 4.69) is 16.5 Å². The number of amides is 1. The van der Waals surface area contributed by atoms with Crippen LogP contribution in [-0.4, -0.2) is 23.0 Å². The lowest BCUT2D eigenvalue weighted by Crippen LogP contribution is -2.34. The smallest absolute Gasteiger partial charge is 0.408 e. The molecule has 3 aromatic rings. The number of carbonyl (C=O) groups is 1. The molecule has 1 atom stereocenters. The van der Waals surface area contributed by atoms with Crippen molar-refractivity contribution in [2.45, 2.75) is 65.2 Å². The molecule has 1 aliphatic rings. The van der Waals surface area contributed by atoms with E-state index in [1.54, 1.807) is 12.1 Å². The molecule has 1 heterocycles. The summed E-state index contributed by atoms with van der Waals surface area (Å²) in [7, 11) is 0. The van der Waals surface area contributed by atoms with E-state index in [1.807, 2.05) is 65.0 Å². The maximum absolute atomic E-state index is 12.3. The van der Waals surface area contributed by atoms with Gasteiger partial charge in [-0.05, 0) is 76.8 Å². The number of benzene rings is 2. The van der Waals surface area contributed by atoms with Gasteiger partial charge >= 0.3 is 6.09 Å². The number of nitrogens with one attached hydrogen (secondary N) is 1. The summed E-state index contributed by atoms with van der Waals surface area (Å²) in [6.45, 7) is 9.38. The fourth-order valence-corrected chi connectivity index (χ4v) is 4.16. The van der Waals surface area contributed by atoms with Crippen LogP contribution in [0.25, 0.3) is 22.6 Å². The number of ether oxygens (including phenoxy) is 2. The zero-order valence-electron chi connectivity index (χ0n) is 20.1. The summed E-state index contributed by atoms with van der Waals surface area (Å²) in [5.74, 6) is 1.12. The average Bonchev–Trinajstić information content (AvgIpc) is 3.40. The fraction of sp³-hybridized carbons (Fsp3) is 0.370. The third-order valence-electron chi connectivity index (χ3n) is 5.49. The summed E-state index contributed by atoms with van der Waals surface area (Å²) in [5.41, 5.74) is 4.54. The highest BCUT2D eigenvalue weighted by Gasteiger charge is 2.28. The number of hydrogen-bond donors (Lipinski definition) is 1. The van der Waals surface area contributed by atoms with Crippen LogP contribution < -0.4 is 10.1 Å². The first-order valence-electron chi connectivity index (χ1n) is 11.4. The zero-order valence-corrected chi connectivity index (χ0v) is 20.1. The molecule has 0 saturated carbocycles. The number of nitriles is 1. The fourth-order valence-electron chi connectivity index (χ4n) is 4.16. The Morgan fingerprint density at radius 2 is 2.03 bits per heavy atom. The minimum Gasteiger partial charge on any atom is -0.490 e. The molecule has 0 spiro atoms. The third kappa shape index (κ3) is 5.07. The number of alkyl carbamates (subject to hydrolysis) is 1. The van der Waals surface area contributed by atoms with E-state index in [1.165, 1.54) is 0 Å². The average molecular weight is 460 g/mol. The number of carbonyl (C=O) groups excluding carboxylic acids is 1. The Hall–Kier alpha value is -3.79. The molecule has 0 fully saturated rings. The molecule has 1 aromatic heterocycles. The van der Waals surface area contributed by atoms with Gasteiger partial charge in [-0.25, -0.2) is 4.79 Å². The van der Waals surface area contributed by atoms with Crippen LogP contribution in [0.3, 0.4) is 0 Å². The van der Waals surface area contributed by atoms with E-state index >= 15 is 0 Å². The van der Waals surface area contributed by atoms with E-state index in [0.717, 1.165) is 35.1 Å². The topological polar surface area (TPSA) is 97.4 Å². The summed E-state index contributed by atoms with van der Waals surface area (Å²) in [6.07, 6.45) is 1.16. The number of hydrogen-bond acceptors (Lipinski definition) is 6. The summed E-state index contributed by atoms with van der Waals surface area (Å²) >= 11 is 0. The molecule has 0 saturated heterocycles. The van der Waals surface area contributed by atoms with Crippen molar-refractivity contribution in [3.05, 3.63) is 59.2 Å². The second-order valence-electron chi connectivity index (χ2n) is 9.68. The molecule has 2 aromatic carbocycles. The van der Waals surface area contributed by atoms with Crippen molar-refractivity contribution in [1.29, 1.82) is 5.26 Å². The molecule has 0 bridgehead atoms. The maximum Gasteiger partial charge on any atom is 0.408 e. The molecule has 1 aliphatic carbocycles. The normalized spacial score (nSPS) is 15.0. The number of nitrogens with zero attached hydrogens (tertiary/aromatic N) is 2. The second-order valence-corrected chi connectivity index (χ2v) is 9.68. The van der Waals surface area contributed by atoms with Crippen LogP contribution in [0.2, 0.25) is 0 Å². The highest BCUT2D eigenvalue weighted by Crippen LogP contribution is 2.39. The van der Waals surface area contributed by atoms with Crippen LogP contribution in [-0.2, 0) is 11.2 Å². The summed E-state index contributed by atoms with van der Waals surface area (Å²) in [5, 5.41) is 16.8. The summed E-state index contributed by atoms with van der Waals surface area (Å²) in [4.78, 5) is 12.3. The van der Waals surface area contributed by atoms with Crippen molar-refractivity contribution < 1.29 is 18.8 Å². The van der Waals surface area contributed by atoms with Gasteiger partial charge in [-0.2, -0.15) is 5.26 Å². The first-order chi connectivity index (χ1) is 16.1. The molecule has 34 heavy (non-hydrogen) atoms. The lowest BCUT2D eigenvalue weighted by atomic mass is 9.99. The quantitative estimate of drug-likeness (QED) is 0.489. The molecular formula is C27H29N3O4. The van der Waals surface area contributed by atoms with Gasteiger partial charge in [0.15, 0.2) is 5.76 Å². The minimum absolute atomic E-state index is 0.0244. The molecule has 7 nitrogen and oxygen atoms in total. The Bertz CT molecular complexity index is 1250. The van der Waals surface area contributed by atoms with Crippen molar-refractivity contribution in [1.82, 2.24) is 10.5 Å². The van der Waals surface area contributed by atoms with E-state index < -0.39 is 11.7 Å². The van der Waals surface area contributed by atoms with Crippen LogP contribution in [0.1, 0.15) is 63.8 Å². The van der Waals surface area contributed by atoms with Gasteiger partial charge in [-0.1, -0.05) is 23.4 Å². The van der Waals surface area contributed by atoms with Gasteiger partial charge in [0.1, 0.15) is 23.1 Å². The highest BCUT2D eigenvalue weighted by molar-refractivity contribution is 5.73. The van der Waals surface area contributed by atoms with Gasteiger partial charge in [-0.3, -0.25) is 0 Å². The van der Waals surface area contributed by atoms with Crippen LogP contribution in [0, 0.1) is 11.3 Å². The van der Waals surface area contributed by atoms with Crippen LogP contribution in [0.15, 0.2) is 47.0 Å². The molecular weight excluding hydrogens is 430 g/mol. The Kier molecular flexibility index (Phi) is 6.34. The van der Waals surface area contributed by atoms with Gasteiger partial charge in [0.05, 0.1) is 17.7 Å². The van der Waals surface area contributed by atoms with Gasteiger partial charge in [0.2, 0.25) is 0 Å². The molecule has 0 radical (unpaired) electrons. The van der Waals surface area contributed by atoms with Crippen LogP contribution in [0.5, 0.6) is 5.75 Å². The van der Waals surface area contributed by atoms with Crippen LogP contribution >= 0.6 is 0 Å². The molecule has 0 aliphatic heterocycles. The Morgan fingerprint density at radius 1 is 1.24 bits per heavy atom. The zero-order chi connectivity index (χ0) is 24.5. The van der Waals surface area contributed by atoms with Gasteiger partial charge in [0.25, 0.3) is 0 Å². The lowest BCUT2D eigenvalue weighted by molar-refractivity contribution is 0.0503. The predicted octanol–water partition coefficient (Wildman–Crippen LogP) is 6.18. The minimum atomic E-state index is -0.547. The third-order valence-corrected chi connectivity index (χ3v) is 5.49. The lowest BCUT2D eigenvalue weighted by Gasteiger charge is -2.22. The van der Waals surface area contributed by atoms with E-state index in [-0.39, 0.29) is 12.1 Å². The predicted molar refractivity (Wildman–Crippen MR) is 128 cm³/mol. The molecule has 0 unspecified atom stereocenters. The van der Waals surface area contributed by atoms with Gasteiger partial charge in [-0.15, -0.1) is 0 Å². The van der Waals surface area contributed by atoms with Gasteiger partial charge < -0.3 is 19.3 Å². The van der Waals surface area contributed by atoms with E-state index in [9.17, 15) is 10.1 Å². The standard InChI is InChI=1S/C27H29N3O4/c1-16(2)32-24-12-9-17(13-18(24)15-28)25-14-23(30-34-25)21-8-6-7-20-19(21)10-11-22(20)29-26(31)33-27(3,4)5/h6-9,12-14,16,22H,10-11H2,1-5H3,(H,29,31)/t22-/m0/s1. The van der Waals surface area contributed by atoms with Crippen molar-refractivity contribution in [2.75, 3.05) is 0 Å². The largest absolute Gasteiger partial charge is 0.490 e. The second kappa shape index (κ2) is 9.22. The monoisotopic (exact) mass is 459 g/mol. The van der Waals surface area contributed by atoms with Gasteiger partial charge in [0, 0.05) is 17.2 Å². The Morgan fingerprint density at radius 3 is 2.74 bits per heavy atom. The highest BCUT2D eigenvalue weighted by atomic mass is 16.6. The summed E-state index contributed by atoms with van der Waals surface area (Å²) in [6, 6.07) is 15.3. The first-order valence-corrected chi connectivity index (χ1v) is 11.4. The van der Waals surface area contributed by atoms with Crippen molar-refractivity contribution in [3.8, 4) is 34.4 Å². The molecule has 7 heteroatoms. The number of fused-ring (bicyclic) bond motifs is 1. The summed E-state index contributed by atoms with van der Waals surface area (Å²) < 4.78 is 16.8. The van der Waals surface area contributed by atoms with E-state index in [4.69, 9.17) is 14.0 Å². The number of aromatic nitrogens is 1. The Balaban J connectivity index is 1.58. The van der Waals surface area contributed by atoms with Crippen molar-refractivity contribution >= 4 is 6.09 Å². The molecule has 4 rings (SSSR count). The first kappa shape index (κ1) is 23.4. The Labute approximate surface area is 199 Å². The molecule has 1 N–H and O–H groups in total. The number of rotatable bonds is 5.